The maximum absolute atomic E-state index is 13.6. The van der Waals surface area contributed by atoms with Crippen LogP contribution in [0.5, 0.6) is 0 Å². The van der Waals surface area contributed by atoms with Crippen molar-refractivity contribution in [3.63, 3.8) is 0 Å². The number of carbonyl (C=O) groups is 2. The number of para-hydroxylation sites is 1. The molecule has 1 aromatic carbocycles. The number of nitrogens with zero attached hydrogens (tertiary/aromatic N) is 3. The van der Waals surface area contributed by atoms with Gasteiger partial charge in [0.15, 0.2) is 0 Å². The van der Waals surface area contributed by atoms with Crippen molar-refractivity contribution in [3.05, 3.63) is 47.0 Å². The van der Waals surface area contributed by atoms with E-state index in [1.165, 1.54) is 30.6 Å². The molecule has 6 nitrogen and oxygen atoms in total. The number of hydrogen-bond donors (Lipinski definition) is 1. The number of thiophene rings is 1. The molecule has 1 atom stereocenters. The van der Waals surface area contributed by atoms with Gasteiger partial charge in [0.1, 0.15) is 10.9 Å². The van der Waals surface area contributed by atoms with Crippen molar-refractivity contribution in [1.82, 2.24) is 20.0 Å². The largest absolute Gasteiger partial charge is 0.352 e. The number of aryl methyl sites for hydroxylation is 1. The number of hydrogen-bond acceptors (Lipinski definition) is 4. The molecule has 3 aromatic rings. The molecule has 2 fully saturated rings. The molecule has 0 saturated heterocycles. The lowest BCUT2D eigenvalue weighted by atomic mass is 9.95. The van der Waals surface area contributed by atoms with E-state index in [9.17, 15) is 9.59 Å². The molecule has 32 heavy (non-hydrogen) atoms. The van der Waals surface area contributed by atoms with Gasteiger partial charge in [-0.1, -0.05) is 37.5 Å². The van der Waals surface area contributed by atoms with E-state index in [1.54, 1.807) is 0 Å². The molecule has 2 aliphatic carbocycles. The molecular weight excluding hydrogens is 420 g/mol. The van der Waals surface area contributed by atoms with Gasteiger partial charge in [0, 0.05) is 17.5 Å². The van der Waals surface area contributed by atoms with Gasteiger partial charge in [-0.3, -0.25) is 9.59 Å². The van der Waals surface area contributed by atoms with Crippen molar-refractivity contribution in [3.8, 4) is 5.69 Å². The summed E-state index contributed by atoms with van der Waals surface area (Å²) >= 11 is 1.46. The van der Waals surface area contributed by atoms with Crippen LogP contribution in [0.15, 0.2) is 36.4 Å². The first-order valence-electron chi connectivity index (χ1n) is 11.7. The van der Waals surface area contributed by atoms with Crippen LogP contribution in [-0.2, 0) is 4.79 Å². The van der Waals surface area contributed by atoms with Crippen LogP contribution in [0, 0.1) is 6.92 Å². The van der Waals surface area contributed by atoms with E-state index in [4.69, 9.17) is 0 Å². The minimum atomic E-state index is -0.464. The van der Waals surface area contributed by atoms with Gasteiger partial charge >= 0.3 is 0 Å². The molecule has 0 unspecified atom stereocenters. The van der Waals surface area contributed by atoms with Crippen LogP contribution in [0.3, 0.4) is 0 Å². The van der Waals surface area contributed by atoms with Crippen LogP contribution in [0.4, 0.5) is 0 Å². The van der Waals surface area contributed by atoms with Crippen LogP contribution in [0.25, 0.3) is 15.9 Å². The fourth-order valence-electron chi connectivity index (χ4n) is 4.73. The van der Waals surface area contributed by atoms with Gasteiger partial charge in [-0.2, -0.15) is 5.10 Å². The van der Waals surface area contributed by atoms with E-state index in [-0.39, 0.29) is 23.9 Å². The highest BCUT2D eigenvalue weighted by Gasteiger charge is 2.40. The molecular formula is C25H30N4O2S. The van der Waals surface area contributed by atoms with Gasteiger partial charge < -0.3 is 10.2 Å². The minimum Gasteiger partial charge on any atom is -0.352 e. The Hall–Kier alpha value is -2.67. The first-order valence-corrected chi connectivity index (χ1v) is 12.5. The Balaban J connectivity index is 1.40. The molecule has 5 rings (SSSR count). The zero-order valence-corrected chi connectivity index (χ0v) is 19.5. The Labute approximate surface area is 192 Å². The van der Waals surface area contributed by atoms with E-state index in [2.05, 4.69) is 10.4 Å². The fourth-order valence-corrected chi connectivity index (χ4v) is 5.86. The summed E-state index contributed by atoms with van der Waals surface area (Å²) in [5, 5.41) is 8.88. The summed E-state index contributed by atoms with van der Waals surface area (Å²) in [4.78, 5) is 30.1. The van der Waals surface area contributed by atoms with Crippen molar-refractivity contribution >= 4 is 33.4 Å². The summed E-state index contributed by atoms with van der Waals surface area (Å²) in [6, 6.07) is 11.9. The number of nitrogens with one attached hydrogen (secondary N) is 1. The molecule has 2 aliphatic rings. The summed E-state index contributed by atoms with van der Waals surface area (Å²) in [6.07, 6.45) is 7.61. The molecule has 0 radical (unpaired) electrons. The maximum atomic E-state index is 13.6. The second-order valence-electron chi connectivity index (χ2n) is 9.13. The number of benzene rings is 1. The Morgan fingerprint density at radius 1 is 1.12 bits per heavy atom. The molecule has 2 amide bonds. The molecule has 0 aliphatic heterocycles. The second-order valence-corrected chi connectivity index (χ2v) is 10.2. The van der Waals surface area contributed by atoms with Crippen molar-refractivity contribution in [2.24, 2.45) is 0 Å². The Morgan fingerprint density at radius 2 is 1.84 bits per heavy atom. The lowest BCUT2D eigenvalue weighted by molar-refractivity contribution is -0.126. The van der Waals surface area contributed by atoms with Crippen molar-refractivity contribution in [2.45, 2.75) is 76.9 Å². The lowest BCUT2D eigenvalue weighted by Crippen LogP contribution is -2.51. The van der Waals surface area contributed by atoms with Crippen molar-refractivity contribution in [2.75, 3.05) is 0 Å². The van der Waals surface area contributed by atoms with Gasteiger partial charge in [-0.05, 0) is 57.7 Å². The third-order valence-electron chi connectivity index (χ3n) is 6.68. The number of fused-ring (bicyclic) bond motifs is 1. The highest BCUT2D eigenvalue weighted by atomic mass is 32.1. The zero-order valence-electron chi connectivity index (χ0n) is 18.7. The SMILES string of the molecule is Cc1nn(-c2ccccc2)c2sc(C(=O)N(C3CC3)[C@@H](C)C(=O)NC3CCCCC3)cc12. The van der Waals surface area contributed by atoms with Gasteiger partial charge in [-0.25, -0.2) is 4.68 Å². The topological polar surface area (TPSA) is 67.2 Å². The predicted octanol–water partition coefficient (Wildman–Crippen LogP) is 4.84. The average molecular weight is 451 g/mol. The molecule has 0 bridgehead atoms. The minimum absolute atomic E-state index is 0.0232. The maximum Gasteiger partial charge on any atom is 0.264 e. The molecule has 1 N–H and O–H groups in total. The van der Waals surface area contributed by atoms with Gasteiger partial charge in [0.25, 0.3) is 5.91 Å². The van der Waals surface area contributed by atoms with Crippen molar-refractivity contribution in [1.29, 1.82) is 0 Å². The van der Waals surface area contributed by atoms with E-state index in [1.807, 2.05) is 59.8 Å². The highest BCUT2D eigenvalue weighted by Crippen LogP contribution is 2.35. The third kappa shape index (κ3) is 4.06. The molecule has 7 heteroatoms. The van der Waals surface area contributed by atoms with Gasteiger partial charge in [0.05, 0.1) is 16.3 Å². The van der Waals surface area contributed by atoms with Crippen LogP contribution >= 0.6 is 11.3 Å². The van der Waals surface area contributed by atoms with Gasteiger partial charge in [-0.15, -0.1) is 11.3 Å². The fraction of sp³-hybridized carbons (Fsp3) is 0.480. The molecule has 2 aromatic heterocycles. The number of rotatable bonds is 6. The molecule has 2 saturated carbocycles. The first kappa shape index (κ1) is 21.2. The number of aromatic nitrogens is 2. The van der Waals surface area contributed by atoms with E-state index in [0.29, 0.717) is 4.88 Å². The Morgan fingerprint density at radius 3 is 2.53 bits per heavy atom. The Bertz CT molecular complexity index is 1130. The molecule has 2 heterocycles. The monoisotopic (exact) mass is 450 g/mol. The lowest BCUT2D eigenvalue weighted by Gasteiger charge is -2.31. The first-order chi connectivity index (χ1) is 15.5. The summed E-state index contributed by atoms with van der Waals surface area (Å²) < 4.78 is 1.91. The standard InChI is InChI=1S/C25H30N4O2S/c1-16-21-15-22(32-25(21)29(27-16)20-11-7-4-8-12-20)24(31)28(19-13-14-19)17(2)23(30)26-18-9-5-3-6-10-18/h4,7-8,11-12,15,17-19H,3,5-6,9-10,13-14H2,1-2H3,(H,26,30)/t17-/m0/s1. The Kier molecular flexibility index (Phi) is 5.76. The summed E-state index contributed by atoms with van der Waals surface area (Å²) in [6.45, 7) is 3.85. The van der Waals surface area contributed by atoms with Crippen LogP contribution in [-0.4, -0.2) is 44.6 Å². The molecule has 168 valence electrons. The number of amides is 2. The summed E-state index contributed by atoms with van der Waals surface area (Å²) in [5.41, 5.74) is 1.88. The van der Waals surface area contributed by atoms with Gasteiger partial charge in [0.2, 0.25) is 5.91 Å². The third-order valence-corrected chi connectivity index (χ3v) is 7.78. The van der Waals surface area contributed by atoms with E-state index >= 15 is 0 Å². The summed E-state index contributed by atoms with van der Waals surface area (Å²) in [7, 11) is 0. The van der Waals surface area contributed by atoms with Crippen LogP contribution < -0.4 is 5.32 Å². The predicted molar refractivity (Wildman–Crippen MR) is 127 cm³/mol. The van der Waals surface area contributed by atoms with Crippen LogP contribution in [0.2, 0.25) is 0 Å². The quantitative estimate of drug-likeness (QED) is 0.584. The van der Waals surface area contributed by atoms with E-state index in [0.717, 1.165) is 47.3 Å². The second kappa shape index (κ2) is 8.70. The highest BCUT2D eigenvalue weighted by molar-refractivity contribution is 7.20. The smallest absolute Gasteiger partial charge is 0.264 e. The average Bonchev–Trinajstić information content (AvgIpc) is 3.46. The molecule has 0 spiro atoms. The van der Waals surface area contributed by atoms with E-state index < -0.39 is 6.04 Å². The van der Waals surface area contributed by atoms with Crippen molar-refractivity contribution < 1.29 is 9.59 Å². The zero-order chi connectivity index (χ0) is 22.2. The van der Waals surface area contributed by atoms with Crippen LogP contribution in [0.1, 0.15) is 67.2 Å². The number of carbonyl (C=O) groups excluding carboxylic acids is 2. The summed E-state index contributed by atoms with van der Waals surface area (Å²) in [5.74, 6) is -0.0658. The normalized spacial score (nSPS) is 17.9.